The van der Waals surface area contributed by atoms with E-state index in [9.17, 15) is 15.3 Å². The van der Waals surface area contributed by atoms with E-state index in [1.54, 1.807) is 41.7 Å². The van der Waals surface area contributed by atoms with Crippen molar-refractivity contribution in [1.29, 1.82) is 0 Å². The molecule has 0 fully saturated rings. The number of benzene rings is 15. The van der Waals surface area contributed by atoms with E-state index in [4.69, 9.17) is 34.3 Å². The number of fused-ring (bicyclic) bond motifs is 9. The van der Waals surface area contributed by atoms with Gasteiger partial charge in [-0.15, -0.1) is 64.4 Å². The summed E-state index contributed by atoms with van der Waals surface area (Å²) in [7, 11) is 0. The monoisotopic (exact) mass is 2550 g/mol. The summed E-state index contributed by atoms with van der Waals surface area (Å²) >= 11 is 1.58. The van der Waals surface area contributed by atoms with E-state index in [0.29, 0.717) is 17.0 Å². The zero-order chi connectivity index (χ0) is 106. The minimum Gasteiger partial charge on any atom is -0.507 e. The van der Waals surface area contributed by atoms with Gasteiger partial charge in [-0.05, 0) is 112 Å². The molecule has 0 saturated carbocycles. The summed E-state index contributed by atoms with van der Waals surface area (Å²) in [6, 6.07) is 114. The van der Waals surface area contributed by atoms with Crippen LogP contribution in [-0.2, 0) is 69.7 Å². The zero-order valence-electron chi connectivity index (χ0n) is 92.6. The van der Waals surface area contributed by atoms with Gasteiger partial charge in [0.1, 0.15) is 33.7 Å². The van der Waals surface area contributed by atoms with E-state index < -0.39 is 0 Å². The van der Waals surface area contributed by atoms with E-state index in [2.05, 4.69) is 372 Å². The third-order valence-corrected chi connectivity index (χ3v) is 21.4. The number of thiazole rings is 1. The Morgan fingerprint density at radius 2 is 0.544 bits per heavy atom. The molecule has 0 saturated heterocycles. The number of aryl methyl sites for hydroxylation is 1. The number of nitrogens with zero attached hydrogens (tertiary/aromatic N) is 7. The maximum absolute atomic E-state index is 10.6. The average Bonchev–Trinajstić information content (AvgIpc) is 1.50. The second kappa shape index (κ2) is 71.3. The van der Waals surface area contributed by atoms with Gasteiger partial charge >= 0.3 is 0 Å². The van der Waals surface area contributed by atoms with Crippen LogP contribution in [0.4, 0.5) is 0 Å². The summed E-state index contributed by atoms with van der Waals surface area (Å²) in [6.07, 6.45) is 20.6. The molecule has 21 aromatic rings. The molecule has 0 aliphatic carbocycles. The normalized spacial score (nSPS) is 9.91. The number of oxazole rings is 1. The number of aromatic hydroxyl groups is 3. The molecule has 6 aromatic heterocycles. The van der Waals surface area contributed by atoms with E-state index in [1.807, 2.05) is 122 Å². The Morgan fingerprint density at radius 3 is 0.893 bits per heavy atom. The minimum absolute atomic E-state index is 0. The van der Waals surface area contributed by atoms with Crippen LogP contribution in [0.15, 0.2) is 332 Å². The number of pyridine rings is 3. The van der Waals surface area contributed by atoms with Crippen LogP contribution in [0.3, 0.4) is 0 Å². The maximum atomic E-state index is 10.6. The minimum atomic E-state index is 0. The number of hydrogen-bond donors (Lipinski definition) is 3. The molecule has 15 heteroatoms. The molecule has 3 N–H and O–H groups in total. The van der Waals surface area contributed by atoms with Crippen LogP contribution in [0.2, 0.25) is 0 Å². The fourth-order valence-corrected chi connectivity index (χ4v) is 16.1. The fourth-order valence-electron chi connectivity index (χ4n) is 15.1. The first-order chi connectivity index (χ1) is 71.2. The van der Waals surface area contributed by atoms with Crippen LogP contribution in [0, 0.1) is 18.2 Å². The van der Waals surface area contributed by atoms with Gasteiger partial charge in [0.05, 0.1) is 38.8 Å². The number of phenols is 3. The molecule has 15 aromatic carbocycles. The van der Waals surface area contributed by atoms with E-state index in [-0.39, 0.29) is 80.4 Å². The Labute approximate surface area is 938 Å². The number of rotatable bonds is 10. The standard InChI is InChI=1S/C34H24N3O.C32H19N2O2.C32H19N2OS.12C3H8.3Pt/c1-2-37-30-16-9-15-27(33(30)36-34(37)28-14-7-8-17-31(28)38)24-20-23-11-4-5-12-25(23)29(21-24)32-26-13-6-3-10-22(26)18-19-35-32;2*35-28-14-6-5-12-26(28)32-34-31-25(13-7-15-29(31)36-32)22-18-21-9-2-3-10-23(21)27(19-22)30-24-11-4-1-8-20(24)16-17-33-30;12*1-3-2;;;/h3-20,38H,2H2,1H3;2*1-18,35H;12*3H2,1-2H3;;;/q3*-1;;;;;;;;;;;;;;;. The quantitative estimate of drug-likeness (QED) is 0.113. The molecule has 792 valence electrons. The van der Waals surface area contributed by atoms with Crippen molar-refractivity contribution in [3.63, 3.8) is 0 Å². The molecule has 0 spiro atoms. The van der Waals surface area contributed by atoms with Gasteiger partial charge in [0.15, 0.2) is 0 Å². The summed E-state index contributed by atoms with van der Waals surface area (Å²) in [4.78, 5) is 29.3. The van der Waals surface area contributed by atoms with Crippen molar-refractivity contribution >= 4 is 108 Å². The Hall–Kier alpha value is -12.4. The van der Waals surface area contributed by atoms with Gasteiger partial charge in [-0.3, -0.25) is 15.0 Å². The van der Waals surface area contributed by atoms with E-state index in [1.165, 1.54) is 77.0 Å². The van der Waals surface area contributed by atoms with Crippen LogP contribution >= 0.6 is 11.3 Å². The predicted molar refractivity (Wildman–Crippen MR) is 639 cm³/mol. The van der Waals surface area contributed by atoms with Crippen molar-refractivity contribution in [3.05, 3.63) is 346 Å². The second-order valence-electron chi connectivity index (χ2n) is 35.3. The molecule has 0 unspecified atom stereocenters. The Balaban J connectivity index is 0.000000396. The molecular formula is C134H158N7O4Pt3S-3. The summed E-state index contributed by atoms with van der Waals surface area (Å²) in [5.41, 5.74) is 17.6. The Kier molecular flexibility index (Phi) is 61.7. The number of phenolic OH excluding ortho intramolecular Hbond substituents is 3. The molecule has 21 rings (SSSR count). The van der Waals surface area contributed by atoms with Crippen LogP contribution in [0.5, 0.6) is 17.2 Å². The van der Waals surface area contributed by atoms with Crippen LogP contribution in [0.1, 0.15) is 250 Å². The largest absolute Gasteiger partial charge is 0.507 e. The van der Waals surface area contributed by atoms with Gasteiger partial charge in [0.2, 0.25) is 5.89 Å². The van der Waals surface area contributed by atoms with Crippen molar-refractivity contribution in [1.82, 2.24) is 34.5 Å². The van der Waals surface area contributed by atoms with Gasteiger partial charge in [-0.2, -0.15) is 0 Å². The first-order valence-corrected chi connectivity index (χ1v) is 54.1. The third kappa shape index (κ3) is 35.6. The summed E-state index contributed by atoms with van der Waals surface area (Å²) < 4.78 is 9.28. The smallest absolute Gasteiger partial charge is 0.230 e. The molecule has 11 nitrogen and oxygen atoms in total. The first kappa shape index (κ1) is 129. The zero-order valence-corrected chi connectivity index (χ0v) is 100. The van der Waals surface area contributed by atoms with Gasteiger partial charge < -0.3 is 24.3 Å². The summed E-state index contributed by atoms with van der Waals surface area (Å²) in [5.74, 6) is 1.73. The Morgan fingerprint density at radius 1 is 0.262 bits per heavy atom. The van der Waals surface area contributed by atoms with Gasteiger partial charge in [-0.1, -0.05) is 527 Å². The molecule has 0 amide bonds. The molecule has 0 radical (unpaired) electrons. The predicted octanol–water partition coefficient (Wildman–Crippen LogP) is 41.8. The molecule has 0 aliphatic heterocycles. The number of para-hydroxylation sites is 6. The Bertz CT molecular complexity index is 7110. The van der Waals surface area contributed by atoms with Crippen LogP contribution in [-0.4, -0.2) is 49.8 Å². The van der Waals surface area contributed by atoms with Gasteiger partial charge in [0.25, 0.3) is 0 Å². The third-order valence-electron chi connectivity index (χ3n) is 20.3. The maximum Gasteiger partial charge on any atom is 0.230 e. The summed E-state index contributed by atoms with van der Waals surface area (Å²) in [5, 5.41) is 45.5. The van der Waals surface area contributed by atoms with Crippen molar-refractivity contribution < 1.29 is 82.9 Å². The molecular weight excluding hydrogens is 2390 g/mol. The van der Waals surface area contributed by atoms with E-state index in [0.717, 1.165) is 187 Å². The van der Waals surface area contributed by atoms with Gasteiger partial charge in [-0.25, -0.2) is 15.0 Å². The molecule has 0 aliphatic rings. The number of imidazole rings is 1. The first-order valence-electron chi connectivity index (χ1n) is 53.2. The molecule has 0 atom stereocenters. The number of hydrogen-bond acceptors (Lipinski definition) is 11. The van der Waals surface area contributed by atoms with Crippen LogP contribution < -0.4 is 0 Å². The SMILES string of the molecule is CCC.CCC.CCC.CCC.CCC.CCC.CCC.CCC.CCC.CCC.CCC.CCC.CCn1c(-c2ccccc2O)nc2c(-c3[c-]c(-c4nccc5ccccc45)c4ccccc4c3)cccc21.Oc1ccccc1-c1nc2c(-c3[c-]c(-c4nccc5ccccc45)c4ccccc4c3)cccc2o1.Oc1ccccc1-c1nc2c(-c3[c-]c(-c4nccc5ccccc45)c4ccccc4c3)cccc2s1.[Pt].[Pt].[Pt]. The average molecular weight is 2550 g/mol. The summed E-state index contributed by atoms with van der Waals surface area (Å²) in [6.45, 7) is 53.8. The molecule has 149 heavy (non-hydrogen) atoms. The number of aromatic nitrogens is 7. The van der Waals surface area contributed by atoms with Crippen molar-refractivity contribution in [3.8, 4) is 118 Å². The fraction of sp³-hybridized carbons (Fsp3) is 0.284. The van der Waals surface area contributed by atoms with Crippen LogP contribution in [0.25, 0.3) is 198 Å². The molecule has 6 heterocycles. The second-order valence-corrected chi connectivity index (χ2v) is 36.3. The van der Waals surface area contributed by atoms with Crippen molar-refractivity contribution in [2.45, 2.75) is 257 Å². The topological polar surface area (TPSA) is 156 Å². The van der Waals surface area contributed by atoms with Crippen molar-refractivity contribution in [2.24, 2.45) is 0 Å². The van der Waals surface area contributed by atoms with Gasteiger partial charge in [0, 0.05) is 110 Å². The van der Waals surface area contributed by atoms with E-state index >= 15 is 0 Å². The van der Waals surface area contributed by atoms with Crippen molar-refractivity contribution in [2.75, 3.05) is 0 Å². The molecule has 0 bridgehead atoms.